The van der Waals surface area contributed by atoms with Gasteiger partial charge in [0.2, 0.25) is 0 Å². The molecule has 0 bridgehead atoms. The minimum absolute atomic E-state index is 0.0637. The first-order valence-corrected chi connectivity index (χ1v) is 6.19. The highest BCUT2D eigenvalue weighted by atomic mass is 35.5. The molecule has 1 heterocycles. The highest BCUT2D eigenvalue weighted by molar-refractivity contribution is 6.21. The van der Waals surface area contributed by atoms with Crippen molar-refractivity contribution in [2.75, 3.05) is 13.1 Å². The van der Waals surface area contributed by atoms with Gasteiger partial charge in [0.25, 0.3) is 5.56 Å². The molecule has 0 saturated heterocycles. The van der Waals surface area contributed by atoms with Crippen LogP contribution >= 0.6 is 11.6 Å². The smallest absolute Gasteiger partial charge is 0.250 e. The van der Waals surface area contributed by atoms with Crippen LogP contribution in [-0.4, -0.2) is 23.0 Å². The molecule has 1 fully saturated rings. The van der Waals surface area contributed by atoms with Gasteiger partial charge < -0.3 is 9.88 Å². The number of halogens is 1. The predicted molar refractivity (Wildman–Crippen MR) is 65.9 cm³/mol. The highest BCUT2D eigenvalue weighted by Gasteiger charge is 2.26. The molecule has 1 saturated carbocycles. The van der Waals surface area contributed by atoms with Crippen molar-refractivity contribution in [3.05, 3.63) is 34.7 Å². The van der Waals surface area contributed by atoms with Gasteiger partial charge in [-0.15, -0.1) is 11.6 Å². The number of pyridine rings is 1. The van der Waals surface area contributed by atoms with Crippen LogP contribution in [0.2, 0.25) is 0 Å². The zero-order chi connectivity index (χ0) is 11.4. The summed E-state index contributed by atoms with van der Waals surface area (Å²) in [5, 5.41) is 3.76. The van der Waals surface area contributed by atoms with E-state index in [9.17, 15) is 4.79 Å². The Hall–Kier alpha value is -0.800. The topological polar surface area (TPSA) is 34.0 Å². The monoisotopic (exact) mass is 240 g/mol. The lowest BCUT2D eigenvalue weighted by Gasteiger charge is -2.31. The molecule has 0 radical (unpaired) electrons. The van der Waals surface area contributed by atoms with Gasteiger partial charge in [0, 0.05) is 30.7 Å². The fraction of sp³-hybridized carbons (Fsp3) is 0.583. The summed E-state index contributed by atoms with van der Waals surface area (Å²) in [5.74, 6) is 0.731. The van der Waals surface area contributed by atoms with E-state index in [-0.39, 0.29) is 5.56 Å². The Morgan fingerprint density at radius 3 is 2.94 bits per heavy atom. The highest BCUT2D eigenvalue weighted by Crippen LogP contribution is 2.30. The molecule has 0 aromatic carbocycles. The zero-order valence-electron chi connectivity index (χ0n) is 9.23. The number of hydrogen-bond acceptors (Lipinski definition) is 2. The van der Waals surface area contributed by atoms with Crippen LogP contribution in [0.5, 0.6) is 0 Å². The lowest BCUT2D eigenvalue weighted by Crippen LogP contribution is -2.35. The van der Waals surface area contributed by atoms with Crippen LogP contribution in [0.1, 0.15) is 12.8 Å². The number of nitrogens with zero attached hydrogens (tertiary/aromatic N) is 1. The molecule has 2 rings (SSSR count). The van der Waals surface area contributed by atoms with Gasteiger partial charge in [0.15, 0.2) is 0 Å². The molecular weight excluding hydrogens is 224 g/mol. The van der Waals surface area contributed by atoms with Gasteiger partial charge in [-0.1, -0.05) is 6.07 Å². The molecule has 1 aromatic rings. The van der Waals surface area contributed by atoms with Crippen LogP contribution in [-0.2, 0) is 6.54 Å². The Labute approximate surface area is 100 Å². The quantitative estimate of drug-likeness (QED) is 0.625. The van der Waals surface area contributed by atoms with Crippen molar-refractivity contribution >= 4 is 11.6 Å². The van der Waals surface area contributed by atoms with Crippen molar-refractivity contribution in [3.8, 4) is 0 Å². The number of aromatic nitrogens is 1. The van der Waals surface area contributed by atoms with E-state index < -0.39 is 0 Å². The first-order valence-electron chi connectivity index (χ1n) is 5.76. The van der Waals surface area contributed by atoms with Crippen LogP contribution in [0.25, 0.3) is 0 Å². The molecule has 0 unspecified atom stereocenters. The first kappa shape index (κ1) is 11.7. The molecule has 1 N–H and O–H groups in total. The van der Waals surface area contributed by atoms with Gasteiger partial charge in [0.05, 0.1) is 0 Å². The summed E-state index contributed by atoms with van der Waals surface area (Å²) in [4.78, 5) is 11.4. The van der Waals surface area contributed by atoms with Crippen LogP contribution in [0.15, 0.2) is 29.2 Å². The average Bonchev–Trinajstić information content (AvgIpc) is 2.23. The third-order valence-electron chi connectivity index (χ3n) is 3.04. The van der Waals surface area contributed by atoms with Crippen molar-refractivity contribution in [2.24, 2.45) is 5.92 Å². The Kier molecular flexibility index (Phi) is 4.02. The average molecular weight is 241 g/mol. The molecule has 4 heteroatoms. The van der Waals surface area contributed by atoms with E-state index >= 15 is 0 Å². The second-order valence-electron chi connectivity index (χ2n) is 4.37. The van der Waals surface area contributed by atoms with Crippen molar-refractivity contribution in [1.82, 2.24) is 9.88 Å². The molecule has 1 aromatic heterocycles. The molecule has 1 aliphatic rings. The van der Waals surface area contributed by atoms with Gasteiger partial charge in [-0.2, -0.15) is 0 Å². The predicted octanol–water partition coefficient (Wildman–Crippen LogP) is 1.46. The molecule has 0 aliphatic heterocycles. The largest absolute Gasteiger partial charge is 0.315 e. The summed E-state index contributed by atoms with van der Waals surface area (Å²) in [7, 11) is 0. The lowest BCUT2D eigenvalue weighted by molar-refractivity contribution is 0.307. The molecule has 0 amide bonds. The van der Waals surface area contributed by atoms with Gasteiger partial charge in [-0.25, -0.2) is 0 Å². The number of rotatable bonds is 5. The lowest BCUT2D eigenvalue weighted by atomic mass is 9.85. The first-order chi connectivity index (χ1) is 7.75. The summed E-state index contributed by atoms with van der Waals surface area (Å²) < 4.78 is 1.72. The molecule has 1 aliphatic carbocycles. The Morgan fingerprint density at radius 2 is 2.25 bits per heavy atom. The Balaban J connectivity index is 1.65. The summed E-state index contributed by atoms with van der Waals surface area (Å²) in [6.07, 6.45) is 4.07. The molecule has 16 heavy (non-hydrogen) atoms. The summed E-state index contributed by atoms with van der Waals surface area (Å²) in [6, 6.07) is 5.23. The second kappa shape index (κ2) is 5.51. The van der Waals surface area contributed by atoms with Crippen molar-refractivity contribution in [3.63, 3.8) is 0 Å². The third-order valence-corrected chi connectivity index (χ3v) is 3.40. The third kappa shape index (κ3) is 3.09. The summed E-state index contributed by atoms with van der Waals surface area (Å²) in [6.45, 7) is 2.59. The maximum Gasteiger partial charge on any atom is 0.250 e. The number of alkyl halides is 1. The van der Waals surface area contributed by atoms with Gasteiger partial charge in [-0.3, -0.25) is 4.79 Å². The SMILES string of the molecule is O=c1ccccn1CCNCC1CC(Cl)C1. The van der Waals surface area contributed by atoms with E-state index in [1.807, 2.05) is 12.3 Å². The summed E-state index contributed by atoms with van der Waals surface area (Å²) in [5.41, 5.74) is 0.0637. The molecule has 0 spiro atoms. The maximum atomic E-state index is 11.4. The molecule has 3 nitrogen and oxygen atoms in total. The second-order valence-corrected chi connectivity index (χ2v) is 4.99. The summed E-state index contributed by atoms with van der Waals surface area (Å²) >= 11 is 5.90. The maximum absolute atomic E-state index is 11.4. The zero-order valence-corrected chi connectivity index (χ0v) is 9.99. The Bertz CT molecular complexity index is 385. The van der Waals surface area contributed by atoms with E-state index in [0.29, 0.717) is 5.38 Å². The molecular formula is C12H17ClN2O. The van der Waals surface area contributed by atoms with Crippen LogP contribution in [0.3, 0.4) is 0 Å². The van der Waals surface area contributed by atoms with E-state index in [1.165, 1.54) is 0 Å². The Morgan fingerprint density at radius 1 is 1.44 bits per heavy atom. The van der Waals surface area contributed by atoms with Gasteiger partial charge in [-0.05, 0) is 31.4 Å². The van der Waals surface area contributed by atoms with E-state index in [2.05, 4.69) is 5.32 Å². The van der Waals surface area contributed by atoms with Crippen molar-refractivity contribution in [1.29, 1.82) is 0 Å². The van der Waals surface area contributed by atoms with E-state index in [0.717, 1.165) is 38.4 Å². The van der Waals surface area contributed by atoms with E-state index in [1.54, 1.807) is 16.7 Å². The number of nitrogens with one attached hydrogen (secondary N) is 1. The van der Waals surface area contributed by atoms with Crippen LogP contribution in [0, 0.1) is 5.92 Å². The van der Waals surface area contributed by atoms with Crippen LogP contribution in [0.4, 0.5) is 0 Å². The standard InChI is InChI=1S/C12H17ClN2O/c13-11-7-10(8-11)9-14-4-6-15-5-2-1-3-12(15)16/h1-3,5,10-11,14H,4,6-9H2. The van der Waals surface area contributed by atoms with Crippen LogP contribution < -0.4 is 10.9 Å². The van der Waals surface area contributed by atoms with Gasteiger partial charge in [0.1, 0.15) is 0 Å². The van der Waals surface area contributed by atoms with E-state index in [4.69, 9.17) is 11.6 Å². The normalized spacial score (nSPS) is 24.1. The molecule has 0 atom stereocenters. The fourth-order valence-corrected chi connectivity index (χ4v) is 2.48. The fourth-order valence-electron chi connectivity index (χ4n) is 1.97. The van der Waals surface area contributed by atoms with Gasteiger partial charge >= 0.3 is 0 Å². The van der Waals surface area contributed by atoms with Crippen molar-refractivity contribution in [2.45, 2.75) is 24.8 Å². The minimum Gasteiger partial charge on any atom is -0.315 e. The number of hydrogen-bond donors (Lipinski definition) is 1. The van der Waals surface area contributed by atoms with Crippen molar-refractivity contribution < 1.29 is 0 Å². The molecule has 88 valence electrons. The minimum atomic E-state index is 0.0637.